The molecule has 0 unspecified atom stereocenters. The summed E-state index contributed by atoms with van der Waals surface area (Å²) < 4.78 is 10.5. The van der Waals surface area contributed by atoms with Crippen LogP contribution in [-0.4, -0.2) is 24.9 Å². The Morgan fingerprint density at radius 2 is 1.76 bits per heavy atom. The fourth-order valence-corrected chi connectivity index (χ4v) is 3.17. The molecule has 2 rings (SSSR count). The van der Waals surface area contributed by atoms with E-state index in [4.69, 9.17) is 21.7 Å². The predicted molar refractivity (Wildman–Crippen MR) is 90.4 cm³/mol. The van der Waals surface area contributed by atoms with Gasteiger partial charge in [-0.1, -0.05) is 19.3 Å². The van der Waals surface area contributed by atoms with Gasteiger partial charge in [-0.05, 0) is 44.1 Å². The Balaban J connectivity index is 1.99. The second kappa shape index (κ2) is 6.98. The second-order valence-corrected chi connectivity index (χ2v) is 6.18. The van der Waals surface area contributed by atoms with Crippen molar-refractivity contribution in [2.24, 2.45) is 0 Å². The molecule has 2 N–H and O–H groups in total. The van der Waals surface area contributed by atoms with Gasteiger partial charge < -0.3 is 20.1 Å². The third-order valence-electron chi connectivity index (χ3n) is 4.01. The average Bonchev–Trinajstić information content (AvgIpc) is 2.47. The number of hydrogen-bond donors (Lipinski definition) is 2. The van der Waals surface area contributed by atoms with Crippen molar-refractivity contribution in [1.29, 1.82) is 0 Å². The minimum Gasteiger partial charge on any atom is -0.493 e. The molecule has 116 valence electrons. The van der Waals surface area contributed by atoms with Crippen LogP contribution < -0.4 is 20.1 Å². The van der Waals surface area contributed by atoms with E-state index in [1.165, 1.54) is 32.1 Å². The summed E-state index contributed by atoms with van der Waals surface area (Å²) in [5, 5.41) is 7.34. The number of ether oxygens (including phenoxy) is 2. The van der Waals surface area contributed by atoms with E-state index in [1.54, 1.807) is 14.2 Å². The molecule has 5 heteroatoms. The quantitative estimate of drug-likeness (QED) is 0.830. The summed E-state index contributed by atoms with van der Waals surface area (Å²) in [5.74, 6) is 1.40. The zero-order chi connectivity index (χ0) is 15.3. The highest BCUT2D eigenvalue weighted by atomic mass is 32.1. The molecule has 1 aliphatic rings. The van der Waals surface area contributed by atoms with E-state index in [9.17, 15) is 0 Å². The molecule has 0 spiro atoms. The van der Waals surface area contributed by atoms with Crippen molar-refractivity contribution in [2.45, 2.75) is 44.6 Å². The molecule has 4 nitrogen and oxygen atoms in total. The monoisotopic (exact) mass is 308 g/mol. The third-order valence-corrected chi connectivity index (χ3v) is 4.22. The molecule has 1 fully saturated rings. The van der Waals surface area contributed by atoms with Gasteiger partial charge in [0.2, 0.25) is 0 Å². The van der Waals surface area contributed by atoms with E-state index in [0.29, 0.717) is 16.6 Å². The van der Waals surface area contributed by atoms with Gasteiger partial charge in [-0.3, -0.25) is 0 Å². The number of benzene rings is 1. The maximum Gasteiger partial charge on any atom is 0.171 e. The van der Waals surface area contributed by atoms with Gasteiger partial charge in [0.05, 0.1) is 14.2 Å². The first-order chi connectivity index (χ1) is 10.1. The van der Waals surface area contributed by atoms with Crippen LogP contribution in [0.15, 0.2) is 18.2 Å². The molecule has 1 aromatic rings. The van der Waals surface area contributed by atoms with E-state index in [1.807, 2.05) is 18.2 Å². The summed E-state index contributed by atoms with van der Waals surface area (Å²) >= 11 is 5.44. The maximum atomic E-state index is 5.44. The van der Waals surface area contributed by atoms with Crippen molar-refractivity contribution >= 4 is 23.0 Å². The first-order valence-electron chi connectivity index (χ1n) is 7.37. The zero-order valence-electron chi connectivity index (χ0n) is 13.0. The minimum atomic E-state index is 0.110. The molecule has 0 aromatic heterocycles. The highest BCUT2D eigenvalue weighted by Gasteiger charge is 2.27. The van der Waals surface area contributed by atoms with Gasteiger partial charge in [-0.25, -0.2) is 0 Å². The summed E-state index contributed by atoms with van der Waals surface area (Å²) in [6.45, 7) is 2.24. The van der Waals surface area contributed by atoms with Gasteiger partial charge >= 0.3 is 0 Å². The Labute approximate surface area is 132 Å². The Kier molecular flexibility index (Phi) is 5.28. The fraction of sp³-hybridized carbons (Fsp3) is 0.562. The van der Waals surface area contributed by atoms with Gasteiger partial charge in [0.1, 0.15) is 0 Å². The lowest BCUT2D eigenvalue weighted by Gasteiger charge is -2.35. The molecule has 0 aliphatic heterocycles. The number of nitrogens with one attached hydrogen (secondary N) is 2. The van der Waals surface area contributed by atoms with Gasteiger partial charge in [-0.2, -0.15) is 0 Å². The number of methoxy groups -OCH3 is 2. The fourth-order valence-electron chi connectivity index (χ4n) is 2.81. The Hall–Kier alpha value is -1.49. The zero-order valence-corrected chi connectivity index (χ0v) is 13.8. The smallest absolute Gasteiger partial charge is 0.171 e. The van der Waals surface area contributed by atoms with Crippen molar-refractivity contribution in [3.63, 3.8) is 0 Å². The van der Waals surface area contributed by atoms with Crippen LogP contribution >= 0.6 is 12.2 Å². The van der Waals surface area contributed by atoms with E-state index < -0.39 is 0 Å². The van der Waals surface area contributed by atoms with E-state index in [-0.39, 0.29) is 5.54 Å². The van der Waals surface area contributed by atoms with Crippen LogP contribution in [-0.2, 0) is 0 Å². The summed E-state index contributed by atoms with van der Waals surface area (Å²) in [4.78, 5) is 0. The summed E-state index contributed by atoms with van der Waals surface area (Å²) in [6, 6.07) is 5.68. The number of thiocarbonyl (C=S) groups is 1. The molecule has 0 atom stereocenters. The highest BCUT2D eigenvalue weighted by Crippen LogP contribution is 2.30. The second-order valence-electron chi connectivity index (χ2n) is 5.77. The molecule has 1 aliphatic carbocycles. The van der Waals surface area contributed by atoms with Crippen molar-refractivity contribution in [2.75, 3.05) is 19.5 Å². The topological polar surface area (TPSA) is 42.5 Å². The number of rotatable bonds is 4. The third kappa shape index (κ3) is 4.24. The molecular weight excluding hydrogens is 284 g/mol. The molecule has 21 heavy (non-hydrogen) atoms. The van der Waals surface area contributed by atoms with Crippen molar-refractivity contribution < 1.29 is 9.47 Å². The van der Waals surface area contributed by atoms with Crippen LogP contribution in [0.25, 0.3) is 0 Å². The molecule has 0 radical (unpaired) electrons. The maximum absolute atomic E-state index is 5.44. The summed E-state index contributed by atoms with van der Waals surface area (Å²) in [5.41, 5.74) is 1.00. The van der Waals surface area contributed by atoms with Crippen LogP contribution in [0, 0.1) is 0 Å². The largest absolute Gasteiger partial charge is 0.493 e. The highest BCUT2D eigenvalue weighted by molar-refractivity contribution is 7.80. The van der Waals surface area contributed by atoms with E-state index in [2.05, 4.69) is 17.6 Å². The number of hydrogen-bond acceptors (Lipinski definition) is 3. The SMILES string of the molecule is COc1ccc(NC(=S)NC2(C)CCCCC2)cc1OC. The Bertz CT molecular complexity index is 499. The normalized spacial score (nSPS) is 16.9. The predicted octanol–water partition coefficient (Wildman–Crippen LogP) is 3.71. The van der Waals surface area contributed by atoms with Crippen LogP contribution in [0.1, 0.15) is 39.0 Å². The molecule has 0 heterocycles. The van der Waals surface area contributed by atoms with Gasteiger partial charge in [0.15, 0.2) is 16.6 Å². The van der Waals surface area contributed by atoms with Gasteiger partial charge in [0, 0.05) is 17.3 Å². The summed E-state index contributed by atoms with van der Waals surface area (Å²) in [7, 11) is 3.25. The van der Waals surface area contributed by atoms with Crippen LogP contribution in [0.3, 0.4) is 0 Å². The van der Waals surface area contributed by atoms with Gasteiger partial charge in [-0.15, -0.1) is 0 Å². The lowest BCUT2D eigenvalue weighted by atomic mass is 9.83. The molecule has 0 saturated heterocycles. The van der Waals surface area contributed by atoms with Crippen molar-refractivity contribution in [1.82, 2.24) is 5.32 Å². The molecule has 0 amide bonds. The Morgan fingerprint density at radius 3 is 2.38 bits per heavy atom. The molecule has 1 aromatic carbocycles. The summed E-state index contributed by atoms with van der Waals surface area (Å²) in [6.07, 6.45) is 6.19. The molecular formula is C16H24N2O2S. The minimum absolute atomic E-state index is 0.110. The van der Waals surface area contributed by atoms with Gasteiger partial charge in [0.25, 0.3) is 0 Å². The van der Waals surface area contributed by atoms with Crippen LogP contribution in [0.5, 0.6) is 11.5 Å². The number of anilines is 1. The lowest BCUT2D eigenvalue weighted by Crippen LogP contribution is -2.48. The van der Waals surface area contributed by atoms with E-state index >= 15 is 0 Å². The standard InChI is InChI=1S/C16H24N2O2S/c1-16(9-5-4-6-10-16)18-15(21)17-12-7-8-13(19-2)14(11-12)20-3/h7-8,11H,4-6,9-10H2,1-3H3,(H2,17,18,21). The van der Waals surface area contributed by atoms with E-state index in [0.717, 1.165) is 5.69 Å². The van der Waals surface area contributed by atoms with Crippen molar-refractivity contribution in [3.05, 3.63) is 18.2 Å². The molecule has 0 bridgehead atoms. The van der Waals surface area contributed by atoms with Crippen LogP contribution in [0.2, 0.25) is 0 Å². The first kappa shape index (κ1) is 15.9. The first-order valence-corrected chi connectivity index (χ1v) is 7.78. The van der Waals surface area contributed by atoms with Crippen molar-refractivity contribution in [3.8, 4) is 11.5 Å². The molecule has 1 saturated carbocycles. The lowest BCUT2D eigenvalue weighted by molar-refractivity contribution is 0.292. The Morgan fingerprint density at radius 1 is 1.10 bits per heavy atom. The average molecular weight is 308 g/mol. The van der Waals surface area contributed by atoms with Crippen LogP contribution in [0.4, 0.5) is 5.69 Å².